The van der Waals surface area contributed by atoms with Crippen LogP contribution in [-0.2, 0) is 0 Å². The number of aliphatic imine (C=N–C) groups is 1. The van der Waals surface area contributed by atoms with E-state index in [0.717, 1.165) is 35.5 Å². The molecule has 1 aliphatic carbocycles. The summed E-state index contributed by atoms with van der Waals surface area (Å²) in [4.78, 5) is 4.73. The second-order valence-electron chi connectivity index (χ2n) is 6.15. The van der Waals surface area contributed by atoms with Crippen LogP contribution in [0.3, 0.4) is 0 Å². The van der Waals surface area contributed by atoms with Crippen molar-refractivity contribution in [2.75, 3.05) is 0 Å². The molecule has 2 aliphatic heterocycles. The molecule has 1 heteroatoms. The predicted octanol–water partition coefficient (Wildman–Crippen LogP) is 3.64. The molecule has 4 unspecified atom stereocenters. The van der Waals surface area contributed by atoms with E-state index in [9.17, 15) is 0 Å². The first-order valence-corrected chi connectivity index (χ1v) is 6.55. The summed E-state index contributed by atoms with van der Waals surface area (Å²) in [6, 6.07) is 0.628. The van der Waals surface area contributed by atoms with E-state index in [4.69, 9.17) is 4.99 Å². The monoisotopic (exact) mass is 207 g/mol. The average molecular weight is 207 g/mol. The average Bonchev–Trinajstić information content (AvgIpc) is 2.16. The van der Waals surface area contributed by atoms with Crippen molar-refractivity contribution in [1.82, 2.24) is 0 Å². The lowest BCUT2D eigenvalue weighted by Crippen LogP contribution is -2.54. The molecular weight excluding hydrogens is 182 g/mol. The van der Waals surface area contributed by atoms with E-state index < -0.39 is 0 Å². The lowest BCUT2D eigenvalue weighted by atomic mass is 9.53. The third kappa shape index (κ3) is 1.64. The van der Waals surface area contributed by atoms with Gasteiger partial charge in [0.2, 0.25) is 0 Å². The highest BCUT2D eigenvalue weighted by molar-refractivity contribution is 5.58. The van der Waals surface area contributed by atoms with E-state index in [1.807, 2.05) is 0 Å². The zero-order chi connectivity index (χ0) is 11.2. The molecule has 1 fully saturated rings. The first kappa shape index (κ1) is 11.2. The number of hydrogen-bond donors (Lipinski definition) is 0. The molecule has 15 heavy (non-hydrogen) atoms. The van der Waals surface area contributed by atoms with Gasteiger partial charge in [-0.2, -0.15) is 0 Å². The second-order valence-corrected chi connectivity index (χ2v) is 6.15. The summed E-state index contributed by atoms with van der Waals surface area (Å²) in [5.74, 6) is 5.07. The molecule has 0 aromatic carbocycles. The van der Waals surface area contributed by atoms with Gasteiger partial charge in [-0.3, -0.25) is 4.99 Å². The fourth-order valence-corrected chi connectivity index (χ4v) is 4.23. The first-order valence-electron chi connectivity index (χ1n) is 6.55. The Kier molecular flexibility index (Phi) is 2.92. The highest BCUT2D eigenvalue weighted by Crippen LogP contribution is 2.52. The lowest BCUT2D eigenvalue weighted by Gasteiger charge is -2.54. The molecule has 0 radical (unpaired) electrons. The SMILES string of the molecule is CC(C)C1C(C)C/C=N\C2C(C)C1C2C. The van der Waals surface area contributed by atoms with Crippen molar-refractivity contribution < 1.29 is 0 Å². The van der Waals surface area contributed by atoms with Crippen molar-refractivity contribution in [2.24, 2.45) is 40.5 Å². The van der Waals surface area contributed by atoms with E-state index in [0.29, 0.717) is 6.04 Å². The van der Waals surface area contributed by atoms with Gasteiger partial charge in [0.25, 0.3) is 0 Å². The van der Waals surface area contributed by atoms with E-state index >= 15 is 0 Å². The molecule has 1 saturated carbocycles. The largest absolute Gasteiger partial charge is 0.294 e. The number of rotatable bonds is 1. The van der Waals surface area contributed by atoms with Gasteiger partial charge in [0, 0.05) is 0 Å². The summed E-state index contributed by atoms with van der Waals surface area (Å²) in [7, 11) is 0. The molecule has 0 saturated heterocycles. The van der Waals surface area contributed by atoms with Crippen LogP contribution in [0.25, 0.3) is 0 Å². The summed E-state index contributed by atoms with van der Waals surface area (Å²) in [6.07, 6.45) is 3.39. The van der Waals surface area contributed by atoms with Gasteiger partial charge in [0.15, 0.2) is 0 Å². The van der Waals surface area contributed by atoms with E-state index in [1.165, 1.54) is 6.42 Å². The Bertz CT molecular complexity index is 246. The quantitative estimate of drug-likeness (QED) is 0.622. The minimum Gasteiger partial charge on any atom is -0.294 e. The maximum atomic E-state index is 4.73. The number of nitrogens with zero attached hydrogens (tertiary/aromatic N) is 1. The van der Waals surface area contributed by atoms with Gasteiger partial charge in [-0.05, 0) is 48.1 Å². The molecule has 0 aromatic heterocycles. The lowest BCUT2D eigenvalue weighted by molar-refractivity contribution is -0.0290. The maximum absolute atomic E-state index is 4.73. The van der Waals surface area contributed by atoms with Crippen LogP contribution < -0.4 is 0 Å². The zero-order valence-electron chi connectivity index (χ0n) is 10.8. The van der Waals surface area contributed by atoms with Crippen molar-refractivity contribution in [3.63, 3.8) is 0 Å². The Morgan fingerprint density at radius 1 is 1.13 bits per heavy atom. The molecule has 86 valence electrons. The van der Waals surface area contributed by atoms with Gasteiger partial charge in [0.05, 0.1) is 6.04 Å². The Hall–Kier alpha value is -0.330. The van der Waals surface area contributed by atoms with Crippen LogP contribution in [0, 0.1) is 35.5 Å². The predicted molar refractivity (Wildman–Crippen MR) is 66.2 cm³/mol. The normalized spacial score (nSPS) is 51.9. The Morgan fingerprint density at radius 3 is 2.27 bits per heavy atom. The van der Waals surface area contributed by atoms with Gasteiger partial charge >= 0.3 is 0 Å². The molecule has 0 aromatic rings. The fourth-order valence-electron chi connectivity index (χ4n) is 4.23. The van der Waals surface area contributed by atoms with Gasteiger partial charge in [-0.15, -0.1) is 0 Å². The maximum Gasteiger partial charge on any atom is 0.0552 e. The van der Waals surface area contributed by atoms with Crippen LogP contribution in [0.4, 0.5) is 0 Å². The smallest absolute Gasteiger partial charge is 0.0552 e. The van der Waals surface area contributed by atoms with Crippen molar-refractivity contribution in [1.29, 1.82) is 0 Å². The second kappa shape index (κ2) is 3.92. The van der Waals surface area contributed by atoms with Crippen LogP contribution in [0.15, 0.2) is 4.99 Å². The van der Waals surface area contributed by atoms with Crippen LogP contribution in [0.2, 0.25) is 0 Å². The molecule has 2 bridgehead atoms. The van der Waals surface area contributed by atoms with Crippen LogP contribution >= 0.6 is 0 Å². The van der Waals surface area contributed by atoms with Crippen molar-refractivity contribution in [3.05, 3.63) is 0 Å². The summed E-state index contributed by atoms with van der Waals surface area (Å²) in [6.45, 7) is 12.0. The molecule has 2 heterocycles. The van der Waals surface area contributed by atoms with Crippen LogP contribution in [0.1, 0.15) is 41.0 Å². The van der Waals surface area contributed by atoms with Crippen molar-refractivity contribution in [2.45, 2.75) is 47.1 Å². The molecule has 0 spiro atoms. The Labute approximate surface area is 94.4 Å². The third-order valence-electron chi connectivity index (χ3n) is 4.92. The van der Waals surface area contributed by atoms with E-state index in [2.05, 4.69) is 40.8 Å². The molecular formula is C14H25N. The molecule has 0 amide bonds. The Morgan fingerprint density at radius 2 is 1.73 bits per heavy atom. The molecule has 0 N–H and O–H groups in total. The summed E-state index contributed by atoms with van der Waals surface area (Å²) >= 11 is 0. The molecule has 1 nitrogen and oxygen atoms in total. The zero-order valence-corrected chi connectivity index (χ0v) is 10.8. The Balaban J connectivity index is 2.25. The highest BCUT2D eigenvalue weighted by atomic mass is 14.9. The molecule has 3 rings (SSSR count). The van der Waals surface area contributed by atoms with E-state index in [-0.39, 0.29) is 0 Å². The third-order valence-corrected chi connectivity index (χ3v) is 4.92. The highest BCUT2D eigenvalue weighted by Gasteiger charge is 2.50. The summed E-state index contributed by atoms with van der Waals surface area (Å²) < 4.78 is 0. The number of hydrogen-bond acceptors (Lipinski definition) is 1. The summed E-state index contributed by atoms with van der Waals surface area (Å²) in [5.41, 5.74) is 0. The topological polar surface area (TPSA) is 12.4 Å². The van der Waals surface area contributed by atoms with Crippen LogP contribution in [0.5, 0.6) is 0 Å². The minimum atomic E-state index is 0.628. The van der Waals surface area contributed by atoms with Crippen LogP contribution in [-0.4, -0.2) is 12.3 Å². The standard InChI is InChI=1S/C14H25N/c1-8(2)12-9(3)6-7-15-14-10(4)13(12)11(14)5/h7-14H,6H2,1-5H3/b15-7-. The van der Waals surface area contributed by atoms with Crippen molar-refractivity contribution >= 4 is 6.21 Å². The van der Waals surface area contributed by atoms with E-state index in [1.54, 1.807) is 0 Å². The van der Waals surface area contributed by atoms with Gasteiger partial charge in [0.1, 0.15) is 0 Å². The first-order chi connectivity index (χ1) is 7.04. The summed E-state index contributed by atoms with van der Waals surface area (Å²) in [5, 5.41) is 0. The number of fused-ring (bicyclic) bond motifs is 3. The molecule has 4 atom stereocenters. The van der Waals surface area contributed by atoms with Gasteiger partial charge < -0.3 is 0 Å². The fraction of sp³-hybridized carbons (Fsp3) is 0.929. The van der Waals surface area contributed by atoms with Gasteiger partial charge in [-0.1, -0.05) is 34.6 Å². The minimum absolute atomic E-state index is 0.628. The molecule has 3 aliphatic rings. The van der Waals surface area contributed by atoms with Crippen molar-refractivity contribution in [3.8, 4) is 0 Å². The van der Waals surface area contributed by atoms with Gasteiger partial charge in [-0.25, -0.2) is 0 Å².